The molecule has 0 aliphatic heterocycles. The van der Waals surface area contributed by atoms with E-state index in [0.29, 0.717) is 0 Å². The van der Waals surface area contributed by atoms with Gasteiger partial charge in [-0.15, -0.1) is 0 Å². The number of benzene rings is 3. The first-order chi connectivity index (χ1) is 11.8. The van der Waals surface area contributed by atoms with E-state index < -0.39 is 0 Å². The number of pyridine rings is 1. The number of halogens is 1. The van der Waals surface area contributed by atoms with Gasteiger partial charge >= 0.3 is 153 Å². The number of nitrogens with zero attached hydrogens (tertiary/aromatic N) is 1. The average molecular weight is 395 g/mol. The summed E-state index contributed by atoms with van der Waals surface area (Å²) in [4.78, 5) is 4.78. The monoisotopic (exact) mass is 395 g/mol. The van der Waals surface area contributed by atoms with E-state index in [9.17, 15) is 0 Å². The molecule has 0 radical (unpaired) electrons. The number of hydrogen-bond donors (Lipinski definition) is 0. The van der Waals surface area contributed by atoms with Gasteiger partial charge in [-0.2, -0.15) is 0 Å². The zero-order valence-electron chi connectivity index (χ0n) is 12.8. The maximum atomic E-state index is 6.03. The van der Waals surface area contributed by atoms with Gasteiger partial charge in [0.05, 0.1) is 0 Å². The molecule has 0 bridgehead atoms. The number of aromatic nitrogens is 1. The first-order valence-corrected chi connectivity index (χ1v) is 9.77. The van der Waals surface area contributed by atoms with Crippen LogP contribution in [-0.2, 0) is 0 Å². The molecule has 1 aromatic heterocycles. The Kier molecular flexibility index (Phi) is 4.35. The molecule has 0 N–H and O–H groups in total. The molecule has 0 unspecified atom stereocenters. The average Bonchev–Trinajstić information content (AvgIpc) is 2.64. The van der Waals surface area contributed by atoms with Crippen molar-refractivity contribution in [2.45, 2.75) is 0 Å². The van der Waals surface area contributed by atoms with Crippen LogP contribution in [0.3, 0.4) is 0 Å². The molecule has 0 spiro atoms. The molecule has 0 saturated carbocycles. The zero-order chi connectivity index (χ0) is 16.4. The van der Waals surface area contributed by atoms with E-state index in [4.69, 9.17) is 16.6 Å². The number of fused-ring (bicyclic) bond motifs is 1. The van der Waals surface area contributed by atoms with E-state index >= 15 is 0 Å². The second-order valence-electron chi connectivity index (χ2n) is 5.45. The molecule has 24 heavy (non-hydrogen) atoms. The summed E-state index contributed by atoms with van der Waals surface area (Å²) in [6.07, 6.45) is 1.97. The Morgan fingerprint density at radius 1 is 0.750 bits per heavy atom. The van der Waals surface area contributed by atoms with Crippen molar-refractivity contribution >= 4 is 46.3 Å². The van der Waals surface area contributed by atoms with Gasteiger partial charge in [0, 0.05) is 0 Å². The van der Waals surface area contributed by atoms with Crippen LogP contribution in [0.25, 0.3) is 22.0 Å². The summed E-state index contributed by atoms with van der Waals surface area (Å²) in [5.41, 5.74) is 2.23. The second-order valence-corrected chi connectivity index (χ2v) is 8.16. The van der Waals surface area contributed by atoms with Crippen LogP contribution >= 0.6 is 11.6 Å². The Balaban J connectivity index is 1.91. The molecule has 3 aromatic carbocycles. The van der Waals surface area contributed by atoms with Crippen LogP contribution in [0.2, 0.25) is 5.02 Å². The topological polar surface area (TPSA) is 12.9 Å². The number of hydrogen-bond acceptors (Lipinski definition) is 1. The standard InChI is InChI=1S/C21H14ClNSe/c22-17-10-12-18(13-11-17)24-21-19-9-5-4-8-16(19)14-23-20(21)15-6-2-1-3-7-15/h1-14H. The van der Waals surface area contributed by atoms with Gasteiger partial charge in [-0.3, -0.25) is 0 Å². The molecule has 0 atom stereocenters. The van der Waals surface area contributed by atoms with Gasteiger partial charge in [0.1, 0.15) is 0 Å². The fourth-order valence-corrected chi connectivity index (χ4v) is 5.04. The fraction of sp³-hybridized carbons (Fsp3) is 0. The third-order valence-electron chi connectivity index (χ3n) is 3.83. The van der Waals surface area contributed by atoms with Gasteiger partial charge in [0.2, 0.25) is 0 Å². The minimum absolute atomic E-state index is 0.156. The molecule has 0 aliphatic rings. The van der Waals surface area contributed by atoms with Gasteiger partial charge < -0.3 is 0 Å². The predicted molar refractivity (Wildman–Crippen MR) is 104 cm³/mol. The van der Waals surface area contributed by atoms with Crippen LogP contribution in [0.4, 0.5) is 0 Å². The predicted octanol–water partition coefficient (Wildman–Crippen LogP) is 4.21. The summed E-state index contributed by atoms with van der Waals surface area (Å²) in [7, 11) is 0. The molecular weight excluding hydrogens is 381 g/mol. The minimum atomic E-state index is 0.156. The number of rotatable bonds is 3. The van der Waals surface area contributed by atoms with Crippen molar-refractivity contribution in [2.24, 2.45) is 0 Å². The van der Waals surface area contributed by atoms with E-state index in [1.165, 1.54) is 19.7 Å². The maximum absolute atomic E-state index is 6.03. The third-order valence-corrected chi connectivity index (χ3v) is 6.45. The second kappa shape index (κ2) is 6.78. The summed E-state index contributed by atoms with van der Waals surface area (Å²) in [5, 5.41) is 3.23. The summed E-state index contributed by atoms with van der Waals surface area (Å²) >= 11 is 6.19. The third kappa shape index (κ3) is 3.09. The van der Waals surface area contributed by atoms with E-state index in [1.54, 1.807) is 0 Å². The summed E-state index contributed by atoms with van der Waals surface area (Å²) < 4.78 is 2.61. The van der Waals surface area contributed by atoms with Crippen LogP contribution in [0.5, 0.6) is 0 Å². The first kappa shape index (κ1) is 15.4. The van der Waals surface area contributed by atoms with E-state index in [0.717, 1.165) is 16.3 Å². The van der Waals surface area contributed by atoms with Gasteiger partial charge in [0.15, 0.2) is 0 Å². The van der Waals surface area contributed by atoms with Gasteiger partial charge in [-0.1, -0.05) is 0 Å². The Morgan fingerprint density at radius 3 is 2.25 bits per heavy atom. The van der Waals surface area contributed by atoms with Crippen LogP contribution in [0.15, 0.2) is 85.1 Å². The molecule has 1 heterocycles. The molecule has 3 heteroatoms. The van der Waals surface area contributed by atoms with Crippen LogP contribution < -0.4 is 8.92 Å². The van der Waals surface area contributed by atoms with E-state index in [1.807, 2.05) is 24.4 Å². The normalized spacial score (nSPS) is 10.9. The van der Waals surface area contributed by atoms with Gasteiger partial charge in [0.25, 0.3) is 0 Å². The first-order valence-electron chi connectivity index (χ1n) is 7.68. The molecule has 4 aromatic rings. The Labute approximate surface area is 152 Å². The van der Waals surface area contributed by atoms with Gasteiger partial charge in [-0.25, -0.2) is 0 Å². The van der Waals surface area contributed by atoms with Crippen LogP contribution in [0, 0.1) is 0 Å². The molecule has 116 valence electrons. The van der Waals surface area contributed by atoms with Gasteiger partial charge in [-0.05, 0) is 0 Å². The summed E-state index contributed by atoms with van der Waals surface area (Å²) in [6, 6.07) is 27.0. The Hall–Kier alpha value is -2.12. The summed E-state index contributed by atoms with van der Waals surface area (Å²) in [5.74, 6) is 0. The van der Waals surface area contributed by atoms with Crippen molar-refractivity contribution in [1.29, 1.82) is 0 Å². The van der Waals surface area contributed by atoms with Crippen LogP contribution in [-0.4, -0.2) is 19.9 Å². The van der Waals surface area contributed by atoms with E-state index in [-0.39, 0.29) is 15.0 Å². The zero-order valence-corrected chi connectivity index (χ0v) is 15.3. The SMILES string of the molecule is Clc1ccc([Se]c2c(-c3ccccc3)ncc3ccccc23)cc1. The molecule has 0 fully saturated rings. The Bertz CT molecular complexity index is 982. The molecular formula is C21H14ClNSe. The molecule has 4 rings (SSSR count). The van der Waals surface area contributed by atoms with Crippen molar-refractivity contribution in [3.05, 3.63) is 90.1 Å². The van der Waals surface area contributed by atoms with Crippen molar-refractivity contribution in [3.8, 4) is 11.3 Å². The van der Waals surface area contributed by atoms with Crippen molar-refractivity contribution < 1.29 is 0 Å². The molecule has 0 amide bonds. The molecule has 0 saturated heterocycles. The van der Waals surface area contributed by atoms with Crippen LogP contribution in [0.1, 0.15) is 0 Å². The molecule has 1 nitrogen and oxygen atoms in total. The Morgan fingerprint density at radius 2 is 1.46 bits per heavy atom. The summed E-state index contributed by atoms with van der Waals surface area (Å²) in [6.45, 7) is 0. The fourth-order valence-electron chi connectivity index (χ4n) is 2.66. The van der Waals surface area contributed by atoms with E-state index in [2.05, 4.69) is 60.7 Å². The van der Waals surface area contributed by atoms with Crippen molar-refractivity contribution in [2.75, 3.05) is 0 Å². The van der Waals surface area contributed by atoms with Crippen molar-refractivity contribution in [1.82, 2.24) is 4.98 Å². The molecule has 0 aliphatic carbocycles. The van der Waals surface area contributed by atoms with Crippen molar-refractivity contribution in [3.63, 3.8) is 0 Å². The quantitative estimate of drug-likeness (QED) is 0.474.